The number of cyclic esters (lactones) is 1. The lowest BCUT2D eigenvalue weighted by atomic mass is 9.93. The number of esters is 1. The van der Waals surface area contributed by atoms with Crippen LogP contribution < -0.4 is 0 Å². The third kappa shape index (κ3) is 2.66. The van der Waals surface area contributed by atoms with Crippen molar-refractivity contribution >= 4 is 23.1 Å². The highest BCUT2D eigenvalue weighted by molar-refractivity contribution is 6.35. The third-order valence-electron chi connectivity index (χ3n) is 4.14. The van der Waals surface area contributed by atoms with Crippen molar-refractivity contribution in [3.8, 4) is 0 Å². The second-order valence-electron chi connectivity index (χ2n) is 5.70. The molecular formula is C22H14O3. The van der Waals surface area contributed by atoms with Crippen LogP contribution in [0.1, 0.15) is 31.8 Å². The molecule has 120 valence electrons. The van der Waals surface area contributed by atoms with Gasteiger partial charge in [-0.2, -0.15) is 0 Å². The molecule has 0 bridgehead atoms. The van der Waals surface area contributed by atoms with E-state index in [-0.39, 0.29) is 5.78 Å². The van der Waals surface area contributed by atoms with Gasteiger partial charge in [-0.1, -0.05) is 78.9 Å². The number of carbonyl (C=O) groups is 2. The molecule has 3 aromatic rings. The summed E-state index contributed by atoms with van der Waals surface area (Å²) in [5.74, 6) is -0.285. The zero-order valence-corrected chi connectivity index (χ0v) is 13.3. The SMILES string of the molecule is O=C(/C(=C1/OC(=O)c2ccccc21)c1ccccc1)c1ccccc1. The third-order valence-corrected chi connectivity index (χ3v) is 4.14. The smallest absolute Gasteiger partial charge is 0.344 e. The maximum absolute atomic E-state index is 13.2. The molecule has 25 heavy (non-hydrogen) atoms. The number of allylic oxidation sites excluding steroid dienone is 1. The van der Waals surface area contributed by atoms with E-state index >= 15 is 0 Å². The van der Waals surface area contributed by atoms with E-state index in [2.05, 4.69) is 0 Å². The van der Waals surface area contributed by atoms with E-state index in [1.54, 1.807) is 30.3 Å². The molecule has 3 aromatic carbocycles. The van der Waals surface area contributed by atoms with E-state index in [9.17, 15) is 9.59 Å². The van der Waals surface area contributed by atoms with Crippen LogP contribution >= 0.6 is 0 Å². The van der Waals surface area contributed by atoms with Crippen LogP contribution in [-0.4, -0.2) is 11.8 Å². The summed E-state index contributed by atoms with van der Waals surface area (Å²) >= 11 is 0. The van der Waals surface area contributed by atoms with Crippen molar-refractivity contribution < 1.29 is 14.3 Å². The molecule has 0 amide bonds. The Hall–Kier alpha value is -3.46. The fourth-order valence-corrected chi connectivity index (χ4v) is 2.95. The minimum absolute atomic E-state index is 0.175. The lowest BCUT2D eigenvalue weighted by molar-refractivity contribution is 0.0716. The van der Waals surface area contributed by atoms with Gasteiger partial charge < -0.3 is 4.74 Å². The summed E-state index contributed by atoms with van der Waals surface area (Å²) in [5, 5.41) is 0. The molecule has 1 aliphatic heterocycles. The van der Waals surface area contributed by atoms with Gasteiger partial charge in [0, 0.05) is 11.1 Å². The van der Waals surface area contributed by atoms with Crippen LogP contribution in [0, 0.1) is 0 Å². The summed E-state index contributed by atoms with van der Waals surface area (Å²) in [4.78, 5) is 25.4. The molecule has 0 N–H and O–H groups in total. The van der Waals surface area contributed by atoms with Crippen LogP contribution in [-0.2, 0) is 4.74 Å². The lowest BCUT2D eigenvalue weighted by Crippen LogP contribution is -2.06. The minimum atomic E-state index is -0.431. The molecule has 0 fully saturated rings. The Morgan fingerprint density at radius 2 is 1.16 bits per heavy atom. The standard InChI is InChI=1S/C22H14O3/c23-20(16-11-5-2-6-12-16)19(15-9-3-1-4-10-15)21-17-13-7-8-14-18(17)22(24)25-21/h1-14H/b21-19+. The fourth-order valence-electron chi connectivity index (χ4n) is 2.95. The maximum Gasteiger partial charge on any atom is 0.344 e. The quantitative estimate of drug-likeness (QED) is 0.401. The van der Waals surface area contributed by atoms with E-state index < -0.39 is 5.97 Å². The van der Waals surface area contributed by atoms with Gasteiger partial charge in [-0.3, -0.25) is 4.79 Å². The monoisotopic (exact) mass is 326 g/mol. The van der Waals surface area contributed by atoms with E-state index in [1.807, 2.05) is 54.6 Å². The van der Waals surface area contributed by atoms with E-state index in [4.69, 9.17) is 4.74 Å². The summed E-state index contributed by atoms with van der Waals surface area (Å²) in [6.45, 7) is 0. The van der Waals surface area contributed by atoms with Gasteiger partial charge in [0.15, 0.2) is 11.5 Å². The Bertz CT molecular complexity index is 986. The molecular weight excluding hydrogens is 312 g/mol. The van der Waals surface area contributed by atoms with Gasteiger partial charge in [-0.05, 0) is 11.6 Å². The number of hydrogen-bond donors (Lipinski definition) is 0. The van der Waals surface area contributed by atoms with Crippen molar-refractivity contribution in [1.82, 2.24) is 0 Å². The number of rotatable bonds is 3. The molecule has 1 aliphatic rings. The largest absolute Gasteiger partial charge is 0.421 e. The van der Waals surface area contributed by atoms with Crippen molar-refractivity contribution in [3.63, 3.8) is 0 Å². The molecule has 0 aromatic heterocycles. The average Bonchev–Trinajstić information content (AvgIpc) is 3.00. The van der Waals surface area contributed by atoms with Crippen LogP contribution in [0.5, 0.6) is 0 Å². The van der Waals surface area contributed by atoms with Crippen molar-refractivity contribution in [3.05, 3.63) is 107 Å². The Balaban J connectivity index is 1.97. The summed E-state index contributed by atoms with van der Waals surface area (Å²) in [7, 11) is 0. The first-order valence-corrected chi connectivity index (χ1v) is 7.97. The second-order valence-corrected chi connectivity index (χ2v) is 5.70. The predicted octanol–water partition coefficient (Wildman–Crippen LogP) is 4.61. The van der Waals surface area contributed by atoms with Gasteiger partial charge >= 0.3 is 5.97 Å². The zero-order valence-electron chi connectivity index (χ0n) is 13.3. The molecule has 0 aliphatic carbocycles. The van der Waals surface area contributed by atoms with Gasteiger partial charge in [0.25, 0.3) is 0 Å². The molecule has 0 atom stereocenters. The lowest BCUT2D eigenvalue weighted by Gasteiger charge is -2.11. The Morgan fingerprint density at radius 3 is 1.80 bits per heavy atom. The topological polar surface area (TPSA) is 43.4 Å². The maximum atomic E-state index is 13.2. The number of ketones is 1. The number of hydrogen-bond acceptors (Lipinski definition) is 3. The van der Waals surface area contributed by atoms with Crippen LogP contribution in [0.3, 0.4) is 0 Å². The summed E-state index contributed by atoms with van der Waals surface area (Å²) in [6.07, 6.45) is 0. The second kappa shape index (κ2) is 6.21. The summed E-state index contributed by atoms with van der Waals surface area (Å²) in [6, 6.07) is 25.4. The van der Waals surface area contributed by atoms with Crippen molar-refractivity contribution in [1.29, 1.82) is 0 Å². The molecule has 0 saturated heterocycles. The molecule has 1 heterocycles. The average molecular weight is 326 g/mol. The van der Waals surface area contributed by atoms with Gasteiger partial charge in [0.05, 0.1) is 11.1 Å². The van der Waals surface area contributed by atoms with Gasteiger partial charge in [0.2, 0.25) is 0 Å². The van der Waals surface area contributed by atoms with Crippen LogP contribution in [0.25, 0.3) is 11.3 Å². The van der Waals surface area contributed by atoms with E-state index in [1.165, 1.54) is 0 Å². The van der Waals surface area contributed by atoms with Crippen LogP contribution in [0.4, 0.5) is 0 Å². The first-order chi connectivity index (χ1) is 12.3. The zero-order chi connectivity index (χ0) is 17.2. The Kier molecular flexibility index (Phi) is 3.75. The molecule has 0 unspecified atom stereocenters. The molecule has 0 spiro atoms. The van der Waals surface area contributed by atoms with Crippen LogP contribution in [0.15, 0.2) is 84.9 Å². The molecule has 0 saturated carbocycles. The van der Waals surface area contributed by atoms with Crippen molar-refractivity contribution in [2.75, 3.05) is 0 Å². The molecule has 3 heteroatoms. The van der Waals surface area contributed by atoms with Crippen molar-refractivity contribution in [2.24, 2.45) is 0 Å². The first-order valence-electron chi connectivity index (χ1n) is 7.97. The first kappa shape index (κ1) is 15.1. The molecule has 4 rings (SSSR count). The van der Waals surface area contributed by atoms with Gasteiger partial charge in [-0.25, -0.2) is 4.79 Å². The Labute approximate surface area is 145 Å². The number of benzene rings is 3. The molecule has 3 nitrogen and oxygen atoms in total. The Morgan fingerprint density at radius 1 is 0.640 bits per heavy atom. The van der Waals surface area contributed by atoms with E-state index in [0.29, 0.717) is 28.0 Å². The summed E-state index contributed by atoms with van der Waals surface area (Å²) < 4.78 is 5.51. The minimum Gasteiger partial charge on any atom is -0.421 e. The molecule has 0 radical (unpaired) electrons. The number of fused-ring (bicyclic) bond motifs is 1. The predicted molar refractivity (Wildman–Crippen MR) is 95.9 cm³/mol. The highest BCUT2D eigenvalue weighted by Gasteiger charge is 2.31. The van der Waals surface area contributed by atoms with Gasteiger partial charge in [0.1, 0.15) is 0 Å². The number of Topliss-reactive ketones (excluding diaryl/α,β-unsaturated/α-hetero) is 1. The normalized spacial score (nSPS) is 14.6. The van der Waals surface area contributed by atoms with Crippen LogP contribution in [0.2, 0.25) is 0 Å². The fraction of sp³-hybridized carbons (Fsp3) is 0. The van der Waals surface area contributed by atoms with E-state index in [0.717, 1.165) is 5.56 Å². The summed E-state index contributed by atoms with van der Waals surface area (Å²) in [5.41, 5.74) is 2.79. The van der Waals surface area contributed by atoms with Crippen molar-refractivity contribution in [2.45, 2.75) is 0 Å². The highest BCUT2D eigenvalue weighted by Crippen LogP contribution is 2.37. The van der Waals surface area contributed by atoms with Gasteiger partial charge in [-0.15, -0.1) is 0 Å². The highest BCUT2D eigenvalue weighted by atomic mass is 16.5. The number of ether oxygens (including phenoxy) is 1. The number of carbonyl (C=O) groups excluding carboxylic acids is 2.